The summed E-state index contributed by atoms with van der Waals surface area (Å²) in [4.78, 5) is 13.0. The van der Waals surface area contributed by atoms with Gasteiger partial charge in [-0.15, -0.1) is 0 Å². The largest absolute Gasteiger partial charge is 0.293 e. The average Bonchev–Trinajstić information content (AvgIpc) is 3.13. The molecule has 0 spiro atoms. The van der Waals surface area contributed by atoms with Crippen LogP contribution in [0.3, 0.4) is 0 Å². The van der Waals surface area contributed by atoms with Crippen molar-refractivity contribution in [3.8, 4) is 5.69 Å². The Bertz CT molecular complexity index is 1130. The topological polar surface area (TPSA) is 52.7 Å². The molecule has 0 bridgehead atoms. The van der Waals surface area contributed by atoms with E-state index in [0.29, 0.717) is 12.1 Å². The van der Waals surface area contributed by atoms with Gasteiger partial charge in [0.25, 0.3) is 5.56 Å². The Kier molecular flexibility index (Phi) is 4.19. The van der Waals surface area contributed by atoms with Crippen LogP contribution in [0, 0.1) is 6.92 Å². The van der Waals surface area contributed by atoms with Gasteiger partial charge in [-0.05, 0) is 24.6 Å². The van der Waals surface area contributed by atoms with Crippen molar-refractivity contribution in [3.05, 3.63) is 94.5 Å². The van der Waals surface area contributed by atoms with Gasteiger partial charge in [0.15, 0.2) is 0 Å². The quantitative estimate of drug-likeness (QED) is 0.569. The second-order valence-corrected chi connectivity index (χ2v) is 6.04. The van der Waals surface area contributed by atoms with E-state index in [0.717, 1.165) is 22.3 Å². The van der Waals surface area contributed by atoms with Gasteiger partial charge in [0.2, 0.25) is 0 Å². The van der Waals surface area contributed by atoms with Gasteiger partial charge in [-0.3, -0.25) is 4.79 Å². The van der Waals surface area contributed by atoms with Gasteiger partial charge < -0.3 is 0 Å². The maximum Gasteiger partial charge on any atom is 0.293 e. The Morgan fingerprint density at radius 3 is 2.42 bits per heavy atom. The van der Waals surface area contributed by atoms with E-state index in [1.165, 1.54) is 4.68 Å². The third-order valence-corrected chi connectivity index (χ3v) is 4.26. The highest BCUT2D eigenvalue weighted by Gasteiger charge is 2.14. The number of fused-ring (bicyclic) bond motifs is 1. The fraction of sp³-hybridized carbons (Fsp3) is 0.0952. The second kappa shape index (κ2) is 6.80. The first-order chi connectivity index (χ1) is 12.7. The summed E-state index contributed by atoms with van der Waals surface area (Å²) in [5.41, 5.74) is 3.14. The zero-order valence-electron chi connectivity index (χ0n) is 14.4. The van der Waals surface area contributed by atoms with E-state index in [4.69, 9.17) is 0 Å². The van der Waals surface area contributed by atoms with Crippen LogP contribution in [0.4, 0.5) is 0 Å². The van der Waals surface area contributed by atoms with Crippen molar-refractivity contribution in [3.63, 3.8) is 0 Å². The molecular formula is C21H18N4O. The van der Waals surface area contributed by atoms with E-state index in [-0.39, 0.29) is 5.56 Å². The first kappa shape index (κ1) is 16.0. The lowest BCUT2D eigenvalue weighted by molar-refractivity contribution is 0.648. The van der Waals surface area contributed by atoms with Crippen molar-refractivity contribution in [1.29, 1.82) is 0 Å². The summed E-state index contributed by atoms with van der Waals surface area (Å²) < 4.78 is 3.17. The number of benzene rings is 2. The molecule has 2 aromatic heterocycles. The molecule has 0 fully saturated rings. The zero-order valence-corrected chi connectivity index (χ0v) is 14.4. The number of aromatic nitrogens is 4. The van der Waals surface area contributed by atoms with Gasteiger partial charge in [0, 0.05) is 5.39 Å². The first-order valence-electron chi connectivity index (χ1n) is 8.46. The Morgan fingerprint density at radius 1 is 1.00 bits per heavy atom. The van der Waals surface area contributed by atoms with Crippen LogP contribution < -0.4 is 5.56 Å². The molecule has 0 atom stereocenters. The predicted molar refractivity (Wildman–Crippen MR) is 103 cm³/mol. The predicted octanol–water partition coefficient (Wildman–Crippen LogP) is 3.60. The van der Waals surface area contributed by atoms with Crippen molar-refractivity contribution in [2.75, 3.05) is 0 Å². The van der Waals surface area contributed by atoms with Gasteiger partial charge in [0.05, 0.1) is 24.1 Å². The molecule has 2 heterocycles. The van der Waals surface area contributed by atoms with Crippen LogP contribution >= 0.6 is 0 Å². The molecule has 128 valence electrons. The fourth-order valence-corrected chi connectivity index (χ4v) is 2.96. The van der Waals surface area contributed by atoms with Crippen LogP contribution in [0.1, 0.15) is 11.3 Å². The Labute approximate surface area is 150 Å². The van der Waals surface area contributed by atoms with E-state index in [1.807, 2.05) is 79.7 Å². The number of para-hydroxylation sites is 1. The number of rotatable bonds is 4. The molecule has 4 rings (SSSR count). The monoisotopic (exact) mass is 342 g/mol. The van der Waals surface area contributed by atoms with E-state index in [1.54, 1.807) is 10.9 Å². The second-order valence-electron chi connectivity index (χ2n) is 6.04. The molecule has 5 nitrogen and oxygen atoms in total. The van der Waals surface area contributed by atoms with Crippen LogP contribution in [0.15, 0.2) is 77.7 Å². The molecule has 4 aromatic rings. The van der Waals surface area contributed by atoms with Crippen LogP contribution in [-0.4, -0.2) is 19.6 Å². The summed E-state index contributed by atoms with van der Waals surface area (Å²) in [5, 5.41) is 9.62. The molecule has 0 unspecified atom stereocenters. The summed E-state index contributed by atoms with van der Waals surface area (Å²) in [6, 6.07) is 19.6. The van der Waals surface area contributed by atoms with Crippen molar-refractivity contribution in [2.24, 2.45) is 0 Å². The molecule has 0 saturated heterocycles. The minimum absolute atomic E-state index is 0.148. The Morgan fingerprint density at radius 2 is 1.69 bits per heavy atom. The van der Waals surface area contributed by atoms with E-state index in [2.05, 4.69) is 10.2 Å². The molecule has 0 aliphatic heterocycles. The van der Waals surface area contributed by atoms with Crippen LogP contribution in [-0.2, 0) is 6.54 Å². The zero-order chi connectivity index (χ0) is 17.9. The van der Waals surface area contributed by atoms with Crippen molar-refractivity contribution in [1.82, 2.24) is 19.6 Å². The van der Waals surface area contributed by atoms with E-state index < -0.39 is 0 Å². The van der Waals surface area contributed by atoms with Gasteiger partial charge >= 0.3 is 0 Å². The normalized spacial score (nSPS) is 11.4. The lowest BCUT2D eigenvalue weighted by Crippen LogP contribution is -2.25. The SMILES string of the molecule is Cc1nn(C/C=C/c2ccccc2)c(=O)c2c1cnn2-c1ccccc1. The van der Waals surface area contributed by atoms with Crippen LogP contribution in [0.2, 0.25) is 0 Å². The third kappa shape index (κ3) is 2.95. The molecule has 0 aliphatic rings. The van der Waals surface area contributed by atoms with Crippen molar-refractivity contribution < 1.29 is 0 Å². The lowest BCUT2D eigenvalue weighted by atomic mass is 10.2. The Hall–Kier alpha value is -3.47. The number of aryl methyl sites for hydroxylation is 1. The maximum atomic E-state index is 13.0. The molecule has 0 N–H and O–H groups in total. The number of hydrogen-bond acceptors (Lipinski definition) is 3. The van der Waals surface area contributed by atoms with E-state index >= 15 is 0 Å². The van der Waals surface area contributed by atoms with Crippen molar-refractivity contribution >= 4 is 17.0 Å². The highest BCUT2D eigenvalue weighted by atomic mass is 16.1. The lowest BCUT2D eigenvalue weighted by Gasteiger charge is -2.07. The van der Waals surface area contributed by atoms with Crippen molar-refractivity contribution in [2.45, 2.75) is 13.5 Å². The van der Waals surface area contributed by atoms with E-state index in [9.17, 15) is 4.79 Å². The highest BCUT2D eigenvalue weighted by Crippen LogP contribution is 2.16. The highest BCUT2D eigenvalue weighted by molar-refractivity contribution is 5.81. The third-order valence-electron chi connectivity index (χ3n) is 4.26. The molecule has 0 radical (unpaired) electrons. The molecule has 26 heavy (non-hydrogen) atoms. The minimum Gasteiger partial charge on any atom is -0.265 e. The number of hydrogen-bond donors (Lipinski definition) is 0. The standard InChI is InChI=1S/C21H18N4O/c1-16-19-15-22-25(18-12-6-3-7-13-18)20(19)21(26)24(23-16)14-8-11-17-9-4-2-5-10-17/h2-13,15H,14H2,1H3/b11-8+. The molecule has 0 amide bonds. The van der Waals surface area contributed by atoms with Crippen LogP contribution in [0.25, 0.3) is 22.7 Å². The molecule has 2 aromatic carbocycles. The van der Waals surface area contributed by atoms with Gasteiger partial charge in [-0.1, -0.05) is 60.7 Å². The van der Waals surface area contributed by atoms with Gasteiger partial charge in [-0.2, -0.15) is 10.2 Å². The summed E-state index contributed by atoms with van der Waals surface area (Å²) in [7, 11) is 0. The molecule has 0 saturated carbocycles. The van der Waals surface area contributed by atoms with Gasteiger partial charge in [0.1, 0.15) is 5.52 Å². The summed E-state index contributed by atoms with van der Waals surface area (Å²) in [6.07, 6.45) is 5.64. The van der Waals surface area contributed by atoms with Crippen LogP contribution in [0.5, 0.6) is 0 Å². The average molecular weight is 342 g/mol. The molecule has 0 aliphatic carbocycles. The summed E-state index contributed by atoms with van der Waals surface area (Å²) >= 11 is 0. The van der Waals surface area contributed by atoms with Gasteiger partial charge in [-0.25, -0.2) is 9.36 Å². The first-order valence-corrected chi connectivity index (χ1v) is 8.46. The summed E-state index contributed by atoms with van der Waals surface area (Å²) in [6.45, 7) is 2.31. The smallest absolute Gasteiger partial charge is 0.265 e. The maximum absolute atomic E-state index is 13.0. The molecule has 5 heteroatoms. The Balaban J connectivity index is 1.76. The molecular weight excluding hydrogens is 324 g/mol. The summed E-state index contributed by atoms with van der Waals surface area (Å²) in [5.74, 6) is 0. The number of nitrogens with zero attached hydrogens (tertiary/aromatic N) is 4. The fourth-order valence-electron chi connectivity index (χ4n) is 2.96. The number of allylic oxidation sites excluding steroid dienone is 1. The minimum atomic E-state index is -0.148.